The summed E-state index contributed by atoms with van der Waals surface area (Å²) in [7, 11) is -3.89. The Morgan fingerprint density at radius 2 is 1.80 bits per heavy atom. The quantitative estimate of drug-likeness (QED) is 0.272. The van der Waals surface area contributed by atoms with E-state index in [0.717, 1.165) is 23.0 Å². The molecule has 3 heterocycles. The van der Waals surface area contributed by atoms with E-state index in [4.69, 9.17) is 4.52 Å². The van der Waals surface area contributed by atoms with Gasteiger partial charge in [-0.15, -0.1) is 0 Å². The van der Waals surface area contributed by atoms with Crippen LogP contribution in [0.1, 0.15) is 41.2 Å². The molecule has 1 saturated carbocycles. The molecule has 0 atom stereocenters. The summed E-state index contributed by atoms with van der Waals surface area (Å²) in [6, 6.07) is 12.8. The molecule has 0 saturated heterocycles. The van der Waals surface area contributed by atoms with Crippen LogP contribution in [0.4, 0.5) is 10.1 Å². The number of H-pyrrole nitrogens is 1. The van der Waals surface area contributed by atoms with E-state index in [1.54, 1.807) is 49.4 Å². The van der Waals surface area contributed by atoms with Gasteiger partial charge in [0.05, 0.1) is 6.54 Å². The Kier molecular flexibility index (Phi) is 6.60. The highest BCUT2D eigenvalue weighted by atomic mass is 32.2. The molecule has 1 aliphatic carbocycles. The number of nitrogens with one attached hydrogen (secondary N) is 2. The Balaban J connectivity index is 1.30. The van der Waals surface area contributed by atoms with Gasteiger partial charge in [-0.1, -0.05) is 35.5 Å². The molecule has 0 amide bonds. The molecule has 5 aromatic rings. The highest BCUT2D eigenvalue weighted by Gasteiger charge is 2.27. The third kappa shape index (κ3) is 5.20. The van der Waals surface area contributed by atoms with Gasteiger partial charge in [-0.3, -0.25) is 18.7 Å². The first-order chi connectivity index (χ1) is 19.6. The van der Waals surface area contributed by atoms with Gasteiger partial charge in [0, 0.05) is 24.2 Å². The van der Waals surface area contributed by atoms with Crippen LogP contribution in [0.25, 0.3) is 11.2 Å². The van der Waals surface area contributed by atoms with Crippen molar-refractivity contribution in [3.05, 3.63) is 104 Å². The summed E-state index contributed by atoms with van der Waals surface area (Å²) in [4.78, 5) is 34.5. The minimum absolute atomic E-state index is 0.00163. The average Bonchev–Trinajstić information content (AvgIpc) is 3.55. The molecule has 13 heteroatoms. The largest absolute Gasteiger partial charge is 0.360 e. The first-order valence-corrected chi connectivity index (χ1v) is 14.6. The van der Waals surface area contributed by atoms with Crippen LogP contribution >= 0.6 is 0 Å². The monoisotopic (exact) mass is 578 g/mol. The molecule has 2 N–H and O–H groups in total. The number of aromatic nitrogens is 5. The van der Waals surface area contributed by atoms with Gasteiger partial charge in [-0.2, -0.15) is 0 Å². The smallest absolute Gasteiger partial charge is 0.333 e. The van der Waals surface area contributed by atoms with Crippen molar-refractivity contribution in [3.63, 3.8) is 0 Å². The Morgan fingerprint density at radius 3 is 2.46 bits per heavy atom. The number of aromatic amines is 1. The van der Waals surface area contributed by atoms with Crippen molar-refractivity contribution in [3.8, 4) is 0 Å². The van der Waals surface area contributed by atoms with Crippen molar-refractivity contribution in [2.45, 2.75) is 51.1 Å². The predicted molar refractivity (Wildman–Crippen MR) is 149 cm³/mol. The highest BCUT2D eigenvalue weighted by molar-refractivity contribution is 7.92. The topological polar surface area (TPSA) is 145 Å². The fraction of sp³-hybridized carbons (Fsp3) is 0.286. The number of nitrogens with zero attached hydrogens (tertiary/aromatic N) is 4. The molecule has 0 bridgehead atoms. The molecular weight excluding hydrogens is 551 g/mol. The summed E-state index contributed by atoms with van der Waals surface area (Å²) in [5.41, 5.74) is 1.03. The standard InChI is InChI=1S/C28H27FN6O5S/c1-16-25(17(2)40-32-16)41(38,39)33-21-11-9-18(10-12-21)13-23-30-24-26(31-23)34(14-19-7-8-19)28(37)35(27(24)36)15-20-5-3-4-6-22(20)29/h3-6,9-12,19,33H,7-8,13-15H2,1-2H3,(H,30,31). The molecule has 6 rings (SSSR count). The predicted octanol–water partition coefficient (Wildman–Crippen LogP) is 3.48. The van der Waals surface area contributed by atoms with Crippen LogP contribution in [-0.4, -0.2) is 32.7 Å². The van der Waals surface area contributed by atoms with E-state index in [-0.39, 0.29) is 39.6 Å². The lowest BCUT2D eigenvalue weighted by atomic mass is 10.1. The van der Waals surface area contributed by atoms with Gasteiger partial charge in [0.1, 0.15) is 22.9 Å². The average molecular weight is 579 g/mol. The molecular formula is C28H27FN6O5S. The molecule has 11 nitrogen and oxygen atoms in total. The van der Waals surface area contributed by atoms with Crippen molar-refractivity contribution in [1.29, 1.82) is 0 Å². The summed E-state index contributed by atoms with van der Waals surface area (Å²) in [6.07, 6.45) is 2.28. The van der Waals surface area contributed by atoms with E-state index in [9.17, 15) is 22.4 Å². The Labute approximate surface area is 233 Å². The third-order valence-corrected chi connectivity index (χ3v) is 8.77. The van der Waals surface area contributed by atoms with Crippen LogP contribution in [0, 0.1) is 25.6 Å². The summed E-state index contributed by atoms with van der Waals surface area (Å²) in [5, 5.41) is 3.70. The molecule has 1 fully saturated rings. The number of rotatable bonds is 9. The maximum absolute atomic E-state index is 14.4. The maximum Gasteiger partial charge on any atom is 0.333 e. The van der Waals surface area contributed by atoms with E-state index >= 15 is 0 Å². The number of anilines is 1. The lowest BCUT2D eigenvalue weighted by Crippen LogP contribution is -2.40. The number of hydrogen-bond acceptors (Lipinski definition) is 7. The fourth-order valence-corrected chi connectivity index (χ4v) is 6.30. The number of fused-ring (bicyclic) bond motifs is 1. The molecule has 0 aliphatic heterocycles. The maximum atomic E-state index is 14.4. The number of aryl methyl sites for hydroxylation is 2. The molecule has 212 valence electrons. The second-order valence-electron chi connectivity index (χ2n) is 10.3. The number of hydrogen-bond donors (Lipinski definition) is 2. The molecule has 0 unspecified atom stereocenters. The molecule has 3 aromatic heterocycles. The Bertz CT molecular complexity index is 1980. The van der Waals surface area contributed by atoms with E-state index in [2.05, 4.69) is 19.8 Å². The van der Waals surface area contributed by atoms with Crippen molar-refractivity contribution >= 4 is 26.9 Å². The van der Waals surface area contributed by atoms with Gasteiger partial charge in [0.15, 0.2) is 16.3 Å². The van der Waals surface area contributed by atoms with Crippen LogP contribution in [0.3, 0.4) is 0 Å². The Morgan fingerprint density at radius 1 is 1.07 bits per heavy atom. The van der Waals surface area contributed by atoms with Crippen LogP contribution in [0.5, 0.6) is 0 Å². The van der Waals surface area contributed by atoms with Gasteiger partial charge < -0.3 is 9.51 Å². The SMILES string of the molecule is Cc1noc(C)c1S(=O)(=O)Nc1ccc(Cc2nc3c([nH]2)c(=O)n(Cc2ccccc2F)c(=O)n3CC2CC2)cc1. The molecule has 41 heavy (non-hydrogen) atoms. The molecule has 0 radical (unpaired) electrons. The van der Waals surface area contributed by atoms with Gasteiger partial charge in [0.25, 0.3) is 15.6 Å². The minimum Gasteiger partial charge on any atom is -0.360 e. The van der Waals surface area contributed by atoms with Crippen molar-refractivity contribution in [1.82, 2.24) is 24.3 Å². The van der Waals surface area contributed by atoms with E-state index in [1.165, 1.54) is 17.6 Å². The lowest BCUT2D eigenvalue weighted by Gasteiger charge is -2.11. The molecule has 0 spiro atoms. The van der Waals surface area contributed by atoms with Crippen LogP contribution in [0.2, 0.25) is 0 Å². The van der Waals surface area contributed by atoms with E-state index in [0.29, 0.717) is 30.4 Å². The number of imidazole rings is 1. The zero-order chi connectivity index (χ0) is 28.9. The fourth-order valence-electron chi connectivity index (χ4n) is 4.91. The summed E-state index contributed by atoms with van der Waals surface area (Å²) in [6.45, 7) is 3.33. The summed E-state index contributed by atoms with van der Waals surface area (Å²) >= 11 is 0. The summed E-state index contributed by atoms with van der Waals surface area (Å²) < 4.78 is 50.0. The van der Waals surface area contributed by atoms with E-state index in [1.807, 2.05) is 0 Å². The van der Waals surface area contributed by atoms with Gasteiger partial charge >= 0.3 is 5.69 Å². The van der Waals surface area contributed by atoms with Crippen LogP contribution in [-0.2, 0) is 29.5 Å². The number of sulfonamides is 1. The second-order valence-corrected chi connectivity index (χ2v) is 12.0. The van der Waals surface area contributed by atoms with E-state index < -0.39 is 27.1 Å². The first kappa shape index (κ1) is 26.7. The molecule has 2 aromatic carbocycles. The zero-order valence-corrected chi connectivity index (χ0v) is 23.2. The second kappa shape index (κ2) is 10.1. The minimum atomic E-state index is -3.89. The lowest BCUT2D eigenvalue weighted by molar-refractivity contribution is 0.390. The van der Waals surface area contributed by atoms with Crippen molar-refractivity contribution in [2.24, 2.45) is 5.92 Å². The summed E-state index contributed by atoms with van der Waals surface area (Å²) in [5.74, 6) is 0.506. The molecule has 1 aliphatic rings. The first-order valence-electron chi connectivity index (χ1n) is 13.1. The van der Waals surface area contributed by atoms with Crippen molar-refractivity contribution < 1.29 is 17.3 Å². The zero-order valence-electron chi connectivity index (χ0n) is 22.3. The van der Waals surface area contributed by atoms with Gasteiger partial charge in [-0.25, -0.2) is 22.6 Å². The highest BCUT2D eigenvalue weighted by Crippen LogP contribution is 2.31. The Hall–Kier alpha value is -4.52. The van der Waals surface area contributed by atoms with Crippen LogP contribution in [0.15, 0.2) is 67.5 Å². The van der Waals surface area contributed by atoms with Gasteiger partial charge in [-0.05, 0) is 56.4 Å². The van der Waals surface area contributed by atoms with Crippen LogP contribution < -0.4 is 16.0 Å². The van der Waals surface area contributed by atoms with Crippen molar-refractivity contribution in [2.75, 3.05) is 4.72 Å². The number of benzene rings is 2. The van der Waals surface area contributed by atoms with Gasteiger partial charge in [0.2, 0.25) is 0 Å². The normalized spacial score (nSPS) is 13.6. The number of halogens is 1. The third-order valence-electron chi connectivity index (χ3n) is 7.15.